The standard InChI is InChI=1S/C74H125NO8/c1-3-5-7-9-11-13-15-17-19-21-23-25-27-29-30-31-32-33-34-35-36-37-38-40-42-44-46-48-50-52-54-56-58-60-62-64-70(78)75-67(66-82-74-73(81)72(80)71(79)69(65-76)83-74)68(77)63-61-59-57-55-53-51-49-47-45-43-41-39-28-26-24-22-20-18-16-14-12-10-8-6-4-2/h5,7,11,13,17,19,23,25,29-30,32-33,35-36,38,40,44,46,53,55,61,63,67-69,71-74,76-77,79-81H,3-4,6,8-10,12,14-16,18,20-22,24,26-28,31,34,37,39,41-43,45,47-52,54,56-60,62,64-66H2,1-2H3,(H,75,78)/b7-5-,13-11-,19-17-,25-23-,30-29-,33-32-,36-35-,40-38-,46-44-,55-53+,63-61+. The van der Waals surface area contributed by atoms with Gasteiger partial charge in [-0.2, -0.15) is 0 Å². The second-order valence-corrected chi connectivity index (χ2v) is 22.9. The number of ether oxygens (including phenoxy) is 2. The molecule has 0 aromatic rings. The van der Waals surface area contributed by atoms with E-state index >= 15 is 0 Å². The smallest absolute Gasteiger partial charge is 0.220 e. The summed E-state index contributed by atoms with van der Waals surface area (Å²) in [5.74, 6) is -0.201. The number of carbonyl (C=O) groups is 1. The molecule has 6 N–H and O–H groups in total. The van der Waals surface area contributed by atoms with Crippen molar-refractivity contribution in [3.05, 3.63) is 134 Å². The molecule has 83 heavy (non-hydrogen) atoms. The van der Waals surface area contributed by atoms with Crippen molar-refractivity contribution in [2.45, 2.75) is 314 Å². The topological polar surface area (TPSA) is 149 Å². The van der Waals surface area contributed by atoms with Crippen molar-refractivity contribution in [1.82, 2.24) is 5.32 Å². The van der Waals surface area contributed by atoms with E-state index in [-0.39, 0.29) is 12.5 Å². The van der Waals surface area contributed by atoms with E-state index < -0.39 is 49.5 Å². The van der Waals surface area contributed by atoms with E-state index in [1.54, 1.807) is 6.08 Å². The molecule has 0 spiro atoms. The number of rotatable bonds is 57. The number of hydrogen-bond donors (Lipinski definition) is 6. The predicted octanol–water partition coefficient (Wildman–Crippen LogP) is 18.4. The van der Waals surface area contributed by atoms with Crippen LogP contribution in [0.4, 0.5) is 0 Å². The van der Waals surface area contributed by atoms with Crippen molar-refractivity contribution in [2.75, 3.05) is 13.2 Å². The van der Waals surface area contributed by atoms with Gasteiger partial charge in [-0.3, -0.25) is 4.79 Å². The average molecular weight is 1160 g/mol. The lowest BCUT2D eigenvalue weighted by Gasteiger charge is -2.40. The van der Waals surface area contributed by atoms with E-state index in [0.717, 1.165) is 109 Å². The van der Waals surface area contributed by atoms with Gasteiger partial charge in [0.2, 0.25) is 5.91 Å². The van der Waals surface area contributed by atoms with Crippen LogP contribution in [0.1, 0.15) is 271 Å². The Labute approximate surface area is 509 Å². The summed E-state index contributed by atoms with van der Waals surface area (Å²) in [4.78, 5) is 13.1. The van der Waals surface area contributed by atoms with Crippen LogP contribution >= 0.6 is 0 Å². The van der Waals surface area contributed by atoms with Gasteiger partial charge in [0.1, 0.15) is 24.4 Å². The first kappa shape index (κ1) is 77.3. The van der Waals surface area contributed by atoms with Crippen LogP contribution in [-0.2, 0) is 14.3 Å². The summed E-state index contributed by atoms with van der Waals surface area (Å²) < 4.78 is 11.3. The molecule has 1 amide bonds. The molecule has 474 valence electrons. The summed E-state index contributed by atoms with van der Waals surface area (Å²) in [6.07, 6.45) is 86.8. The van der Waals surface area contributed by atoms with Crippen LogP contribution in [0.3, 0.4) is 0 Å². The SMILES string of the molecule is CC/C=C\C/C=C\C/C=C\C/C=C\C/C=C\C/C=C\C/C=C\C/C=C\C/C=C\CCCCCCCCCC(=O)NC(COC1OC(CO)C(O)C(O)C1O)C(O)/C=C/CC/C=C/CCCCCCCCCCCCCCCCCCCCC. The highest BCUT2D eigenvalue weighted by Gasteiger charge is 2.44. The number of allylic oxidation sites excluding steroid dienone is 21. The van der Waals surface area contributed by atoms with Crippen molar-refractivity contribution in [2.24, 2.45) is 0 Å². The summed E-state index contributed by atoms with van der Waals surface area (Å²) in [5.41, 5.74) is 0. The van der Waals surface area contributed by atoms with Gasteiger partial charge in [0.05, 0.1) is 25.4 Å². The molecule has 0 aromatic carbocycles. The van der Waals surface area contributed by atoms with Crippen molar-refractivity contribution in [3.8, 4) is 0 Å². The fourth-order valence-electron chi connectivity index (χ4n) is 9.93. The summed E-state index contributed by atoms with van der Waals surface area (Å²) in [6.45, 7) is 3.66. The molecule has 0 radical (unpaired) electrons. The summed E-state index contributed by atoms with van der Waals surface area (Å²) in [7, 11) is 0. The Balaban J connectivity index is 2.21. The zero-order chi connectivity index (χ0) is 60.0. The lowest BCUT2D eigenvalue weighted by Crippen LogP contribution is -2.60. The van der Waals surface area contributed by atoms with E-state index in [1.807, 2.05) is 6.08 Å². The van der Waals surface area contributed by atoms with E-state index in [2.05, 4.69) is 141 Å². The van der Waals surface area contributed by atoms with Crippen LogP contribution in [0, 0.1) is 0 Å². The minimum absolute atomic E-state index is 0.201. The van der Waals surface area contributed by atoms with E-state index in [9.17, 15) is 30.3 Å². The number of nitrogens with one attached hydrogen (secondary N) is 1. The zero-order valence-electron chi connectivity index (χ0n) is 52.9. The molecule has 1 rings (SSSR count). The monoisotopic (exact) mass is 1160 g/mol. The molecule has 0 saturated carbocycles. The summed E-state index contributed by atoms with van der Waals surface area (Å²) in [5, 5.41) is 54.7. The molecule has 0 aromatic heterocycles. The molecular formula is C74H125NO8. The minimum atomic E-state index is -1.58. The van der Waals surface area contributed by atoms with Gasteiger partial charge in [-0.25, -0.2) is 0 Å². The third-order valence-electron chi connectivity index (χ3n) is 15.2. The Bertz CT molecular complexity index is 1770. The van der Waals surface area contributed by atoms with Crippen LogP contribution < -0.4 is 5.32 Å². The first-order valence-corrected chi connectivity index (χ1v) is 33.9. The highest BCUT2D eigenvalue weighted by Crippen LogP contribution is 2.23. The Morgan fingerprint density at radius 2 is 0.759 bits per heavy atom. The molecule has 1 aliphatic rings. The summed E-state index contributed by atoms with van der Waals surface area (Å²) >= 11 is 0. The first-order valence-electron chi connectivity index (χ1n) is 33.9. The highest BCUT2D eigenvalue weighted by molar-refractivity contribution is 5.76. The number of hydrogen-bond acceptors (Lipinski definition) is 8. The molecular weight excluding hydrogens is 1030 g/mol. The maximum Gasteiger partial charge on any atom is 0.220 e. The van der Waals surface area contributed by atoms with Crippen molar-refractivity contribution >= 4 is 5.91 Å². The Hall–Kier alpha value is -3.67. The van der Waals surface area contributed by atoms with E-state index in [1.165, 1.54) is 141 Å². The molecule has 0 aliphatic carbocycles. The molecule has 7 atom stereocenters. The average Bonchev–Trinajstić information content (AvgIpc) is 3.60. The number of carbonyl (C=O) groups excluding carboxylic acids is 1. The molecule has 1 fully saturated rings. The van der Waals surface area contributed by atoms with Crippen molar-refractivity contribution in [3.63, 3.8) is 0 Å². The number of unbranched alkanes of at least 4 members (excludes halogenated alkanes) is 27. The third kappa shape index (κ3) is 50.2. The van der Waals surface area contributed by atoms with Crippen LogP contribution in [0.2, 0.25) is 0 Å². The van der Waals surface area contributed by atoms with Gasteiger partial charge in [-0.1, -0.05) is 295 Å². The van der Waals surface area contributed by atoms with Crippen LogP contribution in [0.15, 0.2) is 134 Å². The fourth-order valence-corrected chi connectivity index (χ4v) is 9.93. The lowest BCUT2D eigenvalue weighted by molar-refractivity contribution is -0.302. The Morgan fingerprint density at radius 1 is 0.422 bits per heavy atom. The van der Waals surface area contributed by atoms with Gasteiger partial charge in [-0.15, -0.1) is 0 Å². The molecule has 9 nitrogen and oxygen atoms in total. The lowest BCUT2D eigenvalue weighted by atomic mass is 9.99. The van der Waals surface area contributed by atoms with Crippen molar-refractivity contribution < 1.29 is 39.8 Å². The molecule has 7 unspecified atom stereocenters. The maximum atomic E-state index is 13.1. The zero-order valence-corrected chi connectivity index (χ0v) is 52.9. The third-order valence-corrected chi connectivity index (χ3v) is 15.2. The minimum Gasteiger partial charge on any atom is -0.394 e. The van der Waals surface area contributed by atoms with Gasteiger partial charge >= 0.3 is 0 Å². The Kier molecular flexibility index (Phi) is 57.2. The largest absolute Gasteiger partial charge is 0.394 e. The summed E-state index contributed by atoms with van der Waals surface area (Å²) in [6, 6.07) is -0.839. The predicted molar refractivity (Wildman–Crippen MR) is 354 cm³/mol. The van der Waals surface area contributed by atoms with Crippen LogP contribution in [-0.4, -0.2) is 87.5 Å². The van der Waals surface area contributed by atoms with Gasteiger partial charge in [0, 0.05) is 6.42 Å². The second-order valence-electron chi connectivity index (χ2n) is 22.9. The van der Waals surface area contributed by atoms with Crippen molar-refractivity contribution in [1.29, 1.82) is 0 Å². The highest BCUT2D eigenvalue weighted by atomic mass is 16.7. The number of aliphatic hydroxyl groups is 5. The quantitative estimate of drug-likeness (QED) is 0.0261. The van der Waals surface area contributed by atoms with Gasteiger partial charge in [0.15, 0.2) is 6.29 Å². The van der Waals surface area contributed by atoms with Gasteiger partial charge in [-0.05, 0) is 103 Å². The Morgan fingerprint density at radius 3 is 1.16 bits per heavy atom. The number of amides is 1. The van der Waals surface area contributed by atoms with Gasteiger partial charge in [0.25, 0.3) is 0 Å². The van der Waals surface area contributed by atoms with E-state index in [0.29, 0.717) is 6.42 Å². The normalized spacial score (nSPS) is 19.1. The maximum absolute atomic E-state index is 13.1. The first-order chi connectivity index (χ1) is 40.8. The molecule has 9 heteroatoms. The molecule has 1 heterocycles. The van der Waals surface area contributed by atoms with Gasteiger partial charge < -0.3 is 40.3 Å². The molecule has 1 aliphatic heterocycles. The van der Waals surface area contributed by atoms with Crippen LogP contribution in [0.25, 0.3) is 0 Å². The fraction of sp³-hybridized carbons (Fsp3) is 0.689. The van der Waals surface area contributed by atoms with Crippen LogP contribution in [0.5, 0.6) is 0 Å². The molecule has 0 bridgehead atoms. The van der Waals surface area contributed by atoms with E-state index in [4.69, 9.17) is 9.47 Å². The number of aliphatic hydroxyl groups excluding tert-OH is 5. The molecule has 1 saturated heterocycles. The second kappa shape index (κ2) is 61.4.